The zero-order valence-electron chi connectivity index (χ0n) is 13.5. The summed E-state index contributed by atoms with van der Waals surface area (Å²) < 4.78 is 0.874. The van der Waals surface area contributed by atoms with Crippen molar-refractivity contribution in [2.24, 2.45) is 0 Å². The molecule has 2 unspecified atom stereocenters. The third-order valence-corrected chi connectivity index (χ3v) is 4.63. The Hall–Kier alpha value is -1.89. The molecule has 1 fully saturated rings. The van der Waals surface area contributed by atoms with Crippen molar-refractivity contribution in [1.82, 2.24) is 10.2 Å². The number of amides is 2. The first-order valence-corrected chi connectivity index (χ1v) is 8.83. The fourth-order valence-corrected chi connectivity index (χ4v) is 3.12. The Balaban J connectivity index is 2.08. The number of likely N-dealkylation sites (tertiary alicyclic amines) is 1. The van der Waals surface area contributed by atoms with Crippen molar-refractivity contribution in [3.63, 3.8) is 0 Å². The van der Waals surface area contributed by atoms with Gasteiger partial charge in [0.2, 0.25) is 5.91 Å². The van der Waals surface area contributed by atoms with E-state index in [0.29, 0.717) is 31.4 Å². The minimum Gasteiger partial charge on any atom is -0.480 e. The summed E-state index contributed by atoms with van der Waals surface area (Å²) in [6, 6.07) is 5.45. The van der Waals surface area contributed by atoms with Gasteiger partial charge in [-0.15, -0.1) is 0 Å². The lowest BCUT2D eigenvalue weighted by molar-refractivity contribution is -0.142. The number of nitrogens with one attached hydrogen (secondary N) is 1. The molecule has 0 spiro atoms. The lowest BCUT2D eigenvalue weighted by Crippen LogP contribution is -2.50. The number of halogens is 1. The summed E-state index contributed by atoms with van der Waals surface area (Å²) in [5.41, 5.74) is 0.515. The zero-order chi connectivity index (χ0) is 17.7. The van der Waals surface area contributed by atoms with Crippen LogP contribution in [0.5, 0.6) is 0 Å². The molecule has 130 valence electrons. The summed E-state index contributed by atoms with van der Waals surface area (Å²) >= 11 is 3.32. The molecule has 2 N–H and O–H groups in total. The molecule has 2 amide bonds. The summed E-state index contributed by atoms with van der Waals surface area (Å²) in [5, 5.41) is 11.7. The molecule has 2 rings (SSSR count). The summed E-state index contributed by atoms with van der Waals surface area (Å²) in [4.78, 5) is 37.8. The van der Waals surface area contributed by atoms with Crippen molar-refractivity contribution in [2.75, 3.05) is 6.54 Å². The normalized spacial score (nSPS) is 18.2. The summed E-state index contributed by atoms with van der Waals surface area (Å²) in [5.74, 6) is -1.64. The van der Waals surface area contributed by atoms with Crippen molar-refractivity contribution >= 4 is 33.7 Å². The van der Waals surface area contributed by atoms with Crippen LogP contribution >= 0.6 is 15.9 Å². The van der Waals surface area contributed by atoms with Gasteiger partial charge in [0.15, 0.2) is 0 Å². The van der Waals surface area contributed by atoms with E-state index in [9.17, 15) is 19.5 Å². The Bertz CT molecular complexity index is 618. The maximum atomic E-state index is 12.6. The van der Waals surface area contributed by atoms with Gasteiger partial charge in [-0.25, -0.2) is 4.79 Å². The van der Waals surface area contributed by atoms with E-state index in [0.717, 1.165) is 10.9 Å². The van der Waals surface area contributed by atoms with Crippen LogP contribution < -0.4 is 5.32 Å². The van der Waals surface area contributed by atoms with Crippen LogP contribution in [0.4, 0.5) is 0 Å². The van der Waals surface area contributed by atoms with Crippen LogP contribution in [0.25, 0.3) is 0 Å². The number of hydrogen-bond acceptors (Lipinski definition) is 3. The average Bonchev–Trinajstić information content (AvgIpc) is 3.04. The van der Waals surface area contributed by atoms with Crippen molar-refractivity contribution in [2.45, 2.75) is 44.7 Å². The topological polar surface area (TPSA) is 86.7 Å². The number of hydrogen-bond donors (Lipinski definition) is 2. The molecular weight excluding hydrogens is 376 g/mol. The Kier molecular flexibility index (Phi) is 6.36. The highest BCUT2D eigenvalue weighted by atomic mass is 79.9. The van der Waals surface area contributed by atoms with Crippen LogP contribution in [-0.4, -0.2) is 46.4 Å². The number of carboxylic acid groups (broad SMARTS) is 1. The Morgan fingerprint density at radius 2 is 2.00 bits per heavy atom. The van der Waals surface area contributed by atoms with E-state index in [1.54, 1.807) is 24.3 Å². The van der Waals surface area contributed by atoms with E-state index >= 15 is 0 Å². The van der Waals surface area contributed by atoms with Gasteiger partial charge in [0.1, 0.15) is 12.1 Å². The van der Waals surface area contributed by atoms with Crippen LogP contribution in [-0.2, 0) is 9.59 Å². The second-order valence-corrected chi connectivity index (χ2v) is 6.77. The lowest BCUT2D eigenvalue weighted by atomic mass is 10.1. The van der Waals surface area contributed by atoms with E-state index in [4.69, 9.17) is 0 Å². The zero-order valence-corrected chi connectivity index (χ0v) is 15.1. The van der Waals surface area contributed by atoms with E-state index in [1.165, 1.54) is 4.90 Å². The molecule has 1 aliphatic rings. The molecule has 0 aliphatic carbocycles. The molecule has 24 heavy (non-hydrogen) atoms. The molecule has 1 heterocycles. The van der Waals surface area contributed by atoms with Gasteiger partial charge in [-0.2, -0.15) is 0 Å². The van der Waals surface area contributed by atoms with Crippen molar-refractivity contribution in [3.05, 3.63) is 34.3 Å². The van der Waals surface area contributed by atoms with E-state index < -0.39 is 18.1 Å². The molecule has 1 saturated heterocycles. The lowest BCUT2D eigenvalue weighted by Gasteiger charge is -2.25. The molecule has 1 aliphatic heterocycles. The second-order valence-electron chi connectivity index (χ2n) is 5.85. The first kappa shape index (κ1) is 18.4. The minimum atomic E-state index is -1.05. The third-order valence-electron chi connectivity index (χ3n) is 4.10. The molecule has 1 aromatic carbocycles. The minimum absolute atomic E-state index is 0.206. The molecule has 6 nitrogen and oxygen atoms in total. The van der Waals surface area contributed by atoms with Crippen LogP contribution in [0.2, 0.25) is 0 Å². The molecule has 0 bridgehead atoms. The maximum Gasteiger partial charge on any atom is 0.326 e. The van der Waals surface area contributed by atoms with Crippen LogP contribution in [0.1, 0.15) is 43.0 Å². The maximum absolute atomic E-state index is 12.6. The Morgan fingerprint density at radius 3 is 2.58 bits per heavy atom. The number of benzene rings is 1. The molecule has 7 heteroatoms. The number of aliphatic carboxylic acids is 1. The second kappa shape index (κ2) is 8.28. The summed E-state index contributed by atoms with van der Waals surface area (Å²) in [6.45, 7) is 2.36. The highest BCUT2D eigenvalue weighted by Gasteiger charge is 2.36. The van der Waals surface area contributed by atoms with Crippen molar-refractivity contribution in [3.8, 4) is 0 Å². The van der Waals surface area contributed by atoms with Crippen molar-refractivity contribution < 1.29 is 19.5 Å². The first-order valence-electron chi connectivity index (χ1n) is 8.03. The highest BCUT2D eigenvalue weighted by Crippen LogP contribution is 2.21. The largest absolute Gasteiger partial charge is 0.480 e. The van der Waals surface area contributed by atoms with Gasteiger partial charge >= 0.3 is 5.97 Å². The van der Waals surface area contributed by atoms with Gasteiger partial charge in [-0.05, 0) is 43.5 Å². The quantitative estimate of drug-likeness (QED) is 0.772. The van der Waals surface area contributed by atoms with Gasteiger partial charge in [0.25, 0.3) is 5.91 Å². The Labute approximate surface area is 149 Å². The smallest absolute Gasteiger partial charge is 0.326 e. The third kappa shape index (κ3) is 4.35. The predicted octanol–water partition coefficient (Wildman–Crippen LogP) is 2.42. The number of carbonyl (C=O) groups is 3. The highest BCUT2D eigenvalue weighted by molar-refractivity contribution is 9.10. The van der Waals surface area contributed by atoms with Gasteiger partial charge in [0, 0.05) is 16.6 Å². The molecule has 2 atom stereocenters. The van der Waals surface area contributed by atoms with E-state index in [1.807, 2.05) is 6.92 Å². The molecular formula is C17H21BrN2O4. The molecule has 0 saturated carbocycles. The van der Waals surface area contributed by atoms with Gasteiger partial charge < -0.3 is 15.3 Å². The number of carboxylic acids is 1. The fraction of sp³-hybridized carbons (Fsp3) is 0.471. The first-order chi connectivity index (χ1) is 11.4. The van der Waals surface area contributed by atoms with Crippen LogP contribution in [0.15, 0.2) is 28.7 Å². The standard InChI is InChI=1S/C17H21BrN2O4/c1-2-4-13(17(23)24)19-15(21)14-5-3-10-20(14)16(22)11-6-8-12(18)9-7-11/h6-9,13-14H,2-5,10H2,1H3,(H,19,21)(H,23,24). The fourth-order valence-electron chi connectivity index (χ4n) is 2.85. The van der Waals surface area contributed by atoms with Crippen LogP contribution in [0, 0.1) is 0 Å². The Morgan fingerprint density at radius 1 is 1.33 bits per heavy atom. The van der Waals surface area contributed by atoms with Gasteiger partial charge in [-0.1, -0.05) is 29.3 Å². The number of nitrogens with zero attached hydrogens (tertiary/aromatic N) is 1. The average molecular weight is 397 g/mol. The van der Waals surface area contributed by atoms with Gasteiger partial charge in [-0.3, -0.25) is 9.59 Å². The monoisotopic (exact) mass is 396 g/mol. The predicted molar refractivity (Wildman–Crippen MR) is 92.7 cm³/mol. The molecule has 0 radical (unpaired) electrons. The number of carbonyl (C=O) groups excluding carboxylic acids is 2. The number of rotatable bonds is 6. The van der Waals surface area contributed by atoms with E-state index in [2.05, 4.69) is 21.2 Å². The van der Waals surface area contributed by atoms with Gasteiger partial charge in [0.05, 0.1) is 0 Å². The molecule has 0 aromatic heterocycles. The van der Waals surface area contributed by atoms with Crippen molar-refractivity contribution in [1.29, 1.82) is 0 Å². The summed E-state index contributed by atoms with van der Waals surface area (Å²) in [7, 11) is 0. The van der Waals surface area contributed by atoms with Crippen LogP contribution in [0.3, 0.4) is 0 Å². The van der Waals surface area contributed by atoms with E-state index in [-0.39, 0.29) is 11.8 Å². The molecule has 1 aromatic rings. The SMILES string of the molecule is CCCC(NC(=O)C1CCCN1C(=O)c1ccc(Br)cc1)C(=O)O. The summed E-state index contributed by atoms with van der Waals surface area (Å²) in [6.07, 6.45) is 2.30.